The predicted molar refractivity (Wildman–Crippen MR) is 41.8 cm³/mol. The molecular formula is C7H10O7. The average molecular weight is 206 g/mol. The van der Waals surface area contributed by atoms with Crippen LogP contribution >= 0.6 is 0 Å². The van der Waals surface area contributed by atoms with Gasteiger partial charge in [0, 0.05) is 6.61 Å². The molecule has 0 aromatic rings. The average Bonchev–Trinajstić information content (AvgIpc) is 2.01. The van der Waals surface area contributed by atoms with Gasteiger partial charge in [-0.1, -0.05) is 0 Å². The van der Waals surface area contributed by atoms with Gasteiger partial charge in [-0.2, -0.15) is 0 Å². The highest BCUT2D eigenvalue weighted by atomic mass is 16.7. The summed E-state index contributed by atoms with van der Waals surface area (Å²) in [5.74, 6) is -2.49. The first-order valence-corrected chi connectivity index (χ1v) is 3.75. The smallest absolute Gasteiger partial charge is 0.481 e. The van der Waals surface area contributed by atoms with Gasteiger partial charge in [-0.05, 0) is 6.92 Å². The number of aliphatic carboxylic acids is 1. The molecule has 0 saturated heterocycles. The fraction of sp³-hybridized carbons (Fsp3) is 0.571. The minimum Gasteiger partial charge on any atom is -0.481 e. The molecule has 7 heteroatoms. The Balaban J connectivity index is 4.24. The monoisotopic (exact) mass is 206 g/mol. The third-order valence-corrected chi connectivity index (χ3v) is 1.18. The van der Waals surface area contributed by atoms with Gasteiger partial charge < -0.3 is 19.7 Å². The van der Waals surface area contributed by atoms with Crippen LogP contribution in [0.15, 0.2) is 0 Å². The summed E-state index contributed by atoms with van der Waals surface area (Å²) in [7, 11) is 0. The molecule has 1 unspecified atom stereocenters. The molecule has 0 aromatic heterocycles. The Bertz CT molecular complexity index is 234. The first kappa shape index (κ1) is 12.4. The van der Waals surface area contributed by atoms with Gasteiger partial charge in [0.2, 0.25) is 0 Å². The summed E-state index contributed by atoms with van der Waals surface area (Å²) in [6, 6.07) is 0. The molecule has 0 aliphatic rings. The number of rotatable bonds is 5. The third-order valence-electron chi connectivity index (χ3n) is 1.18. The van der Waals surface area contributed by atoms with E-state index in [1.807, 2.05) is 0 Å². The summed E-state index contributed by atoms with van der Waals surface area (Å²) in [6.45, 7) is 1.63. The van der Waals surface area contributed by atoms with Gasteiger partial charge in [-0.3, -0.25) is 4.79 Å². The maximum Gasteiger partial charge on any atom is 0.513 e. The van der Waals surface area contributed by atoms with Gasteiger partial charge in [-0.25, -0.2) is 9.59 Å². The second kappa shape index (κ2) is 5.92. The van der Waals surface area contributed by atoms with E-state index in [9.17, 15) is 14.4 Å². The Morgan fingerprint density at radius 2 is 1.86 bits per heavy atom. The van der Waals surface area contributed by atoms with Crippen LogP contribution in [-0.2, 0) is 19.1 Å². The molecule has 0 amide bonds. The fourth-order valence-electron chi connectivity index (χ4n) is 0.722. The maximum absolute atomic E-state index is 10.9. The molecular weight excluding hydrogens is 196 g/mol. The zero-order valence-corrected chi connectivity index (χ0v) is 7.43. The van der Waals surface area contributed by atoms with Crippen molar-refractivity contribution in [2.24, 2.45) is 0 Å². The van der Waals surface area contributed by atoms with E-state index in [0.717, 1.165) is 0 Å². The van der Waals surface area contributed by atoms with Gasteiger partial charge in [0.25, 0.3) is 0 Å². The van der Waals surface area contributed by atoms with Crippen molar-refractivity contribution in [3.8, 4) is 0 Å². The fourth-order valence-corrected chi connectivity index (χ4v) is 0.722. The molecule has 0 aromatic carbocycles. The second-order valence-corrected chi connectivity index (χ2v) is 2.23. The molecule has 80 valence electrons. The summed E-state index contributed by atoms with van der Waals surface area (Å²) in [5, 5.41) is 16.4. The molecule has 0 radical (unpaired) electrons. The number of carboxylic acids is 1. The molecule has 14 heavy (non-hydrogen) atoms. The first-order chi connectivity index (χ1) is 6.47. The Labute approximate surface area is 79.2 Å². The molecule has 7 nitrogen and oxygen atoms in total. The number of hydrogen-bond acceptors (Lipinski definition) is 5. The van der Waals surface area contributed by atoms with Crippen LogP contribution in [-0.4, -0.2) is 41.0 Å². The maximum atomic E-state index is 10.9. The van der Waals surface area contributed by atoms with E-state index >= 15 is 0 Å². The standard InChI is InChI=1S/C7H10O7/c1-2-13-4(3-5(8)9)6(10)14-7(11)12/h4H,2-3H2,1H3,(H,8,9)(H,11,12). The van der Waals surface area contributed by atoms with Gasteiger partial charge in [0.05, 0.1) is 6.42 Å². The van der Waals surface area contributed by atoms with Crippen molar-refractivity contribution in [2.45, 2.75) is 19.4 Å². The molecule has 0 spiro atoms. The zero-order chi connectivity index (χ0) is 11.1. The third kappa shape index (κ3) is 5.09. The van der Waals surface area contributed by atoms with Crippen LogP contribution in [0, 0.1) is 0 Å². The van der Waals surface area contributed by atoms with E-state index in [-0.39, 0.29) is 6.61 Å². The lowest BCUT2D eigenvalue weighted by molar-refractivity contribution is -0.158. The molecule has 0 fully saturated rings. The summed E-state index contributed by atoms with van der Waals surface area (Å²) in [6.07, 6.45) is -3.79. The lowest BCUT2D eigenvalue weighted by Crippen LogP contribution is -2.30. The van der Waals surface area contributed by atoms with E-state index in [1.165, 1.54) is 0 Å². The van der Waals surface area contributed by atoms with Crippen molar-refractivity contribution in [1.29, 1.82) is 0 Å². The van der Waals surface area contributed by atoms with Gasteiger partial charge in [0.1, 0.15) is 0 Å². The van der Waals surface area contributed by atoms with Crippen LogP contribution in [0.2, 0.25) is 0 Å². The van der Waals surface area contributed by atoms with E-state index in [0.29, 0.717) is 0 Å². The second-order valence-electron chi connectivity index (χ2n) is 2.23. The highest BCUT2D eigenvalue weighted by Crippen LogP contribution is 2.02. The van der Waals surface area contributed by atoms with Crippen molar-refractivity contribution in [2.75, 3.05) is 6.61 Å². The summed E-state index contributed by atoms with van der Waals surface area (Å²) < 4.78 is 8.45. The van der Waals surface area contributed by atoms with Gasteiger partial charge in [0.15, 0.2) is 6.10 Å². The highest BCUT2D eigenvalue weighted by Gasteiger charge is 2.25. The van der Waals surface area contributed by atoms with Crippen LogP contribution in [0.1, 0.15) is 13.3 Å². The molecule has 0 heterocycles. The molecule has 0 aliphatic heterocycles. The minimum absolute atomic E-state index is 0.0899. The number of carboxylic acid groups (broad SMARTS) is 2. The van der Waals surface area contributed by atoms with Crippen LogP contribution < -0.4 is 0 Å². The number of hydrogen-bond donors (Lipinski definition) is 2. The molecule has 0 rings (SSSR count). The van der Waals surface area contributed by atoms with Crippen molar-refractivity contribution >= 4 is 18.1 Å². The van der Waals surface area contributed by atoms with Crippen molar-refractivity contribution in [1.82, 2.24) is 0 Å². The number of ether oxygens (including phenoxy) is 2. The van der Waals surface area contributed by atoms with Crippen LogP contribution in [0.4, 0.5) is 4.79 Å². The van der Waals surface area contributed by atoms with Crippen molar-refractivity contribution < 1.29 is 34.1 Å². The van der Waals surface area contributed by atoms with Gasteiger partial charge in [-0.15, -0.1) is 0 Å². The number of carbonyl (C=O) groups is 3. The van der Waals surface area contributed by atoms with Crippen molar-refractivity contribution in [3.63, 3.8) is 0 Å². The van der Waals surface area contributed by atoms with E-state index in [1.54, 1.807) is 6.92 Å². The summed E-state index contributed by atoms with van der Waals surface area (Å²) >= 11 is 0. The SMILES string of the molecule is CCOC(CC(=O)O)C(=O)OC(=O)O. The van der Waals surface area contributed by atoms with E-state index in [2.05, 4.69) is 4.74 Å². The largest absolute Gasteiger partial charge is 0.513 e. The van der Waals surface area contributed by atoms with E-state index in [4.69, 9.17) is 14.9 Å². The highest BCUT2D eigenvalue weighted by molar-refractivity contribution is 5.87. The zero-order valence-electron chi connectivity index (χ0n) is 7.43. The number of carbonyl (C=O) groups excluding carboxylic acids is 1. The Morgan fingerprint density at radius 1 is 1.29 bits per heavy atom. The minimum atomic E-state index is -1.79. The Kier molecular flexibility index (Phi) is 5.23. The molecule has 0 bridgehead atoms. The molecule has 2 N–H and O–H groups in total. The normalized spacial score (nSPS) is 11.8. The van der Waals surface area contributed by atoms with Crippen molar-refractivity contribution in [3.05, 3.63) is 0 Å². The lowest BCUT2D eigenvalue weighted by Gasteiger charge is -2.11. The summed E-state index contributed by atoms with van der Waals surface area (Å²) in [4.78, 5) is 31.1. The quantitative estimate of drug-likeness (QED) is 0.484. The van der Waals surface area contributed by atoms with Crippen LogP contribution in [0.5, 0.6) is 0 Å². The molecule has 0 saturated carbocycles. The predicted octanol–water partition coefficient (Wildman–Crippen LogP) is 0.0874. The van der Waals surface area contributed by atoms with Crippen LogP contribution in [0.25, 0.3) is 0 Å². The molecule has 1 atom stereocenters. The lowest BCUT2D eigenvalue weighted by atomic mass is 10.2. The van der Waals surface area contributed by atoms with E-state index < -0.39 is 30.6 Å². The summed E-state index contributed by atoms with van der Waals surface area (Å²) in [5.41, 5.74) is 0. The van der Waals surface area contributed by atoms with Crippen LogP contribution in [0.3, 0.4) is 0 Å². The number of esters is 1. The topological polar surface area (TPSA) is 110 Å². The first-order valence-electron chi connectivity index (χ1n) is 3.75. The Hall–Kier alpha value is -1.63. The Morgan fingerprint density at radius 3 is 2.21 bits per heavy atom. The van der Waals surface area contributed by atoms with Gasteiger partial charge >= 0.3 is 18.1 Å². The molecule has 0 aliphatic carbocycles.